The molecule has 35 heavy (non-hydrogen) atoms. The first-order valence-corrected chi connectivity index (χ1v) is 12.0. The molecule has 1 fully saturated rings. The van der Waals surface area contributed by atoms with Crippen LogP contribution in [0.3, 0.4) is 0 Å². The summed E-state index contributed by atoms with van der Waals surface area (Å²) in [7, 11) is 3.13. The molecule has 0 aliphatic carbocycles. The van der Waals surface area contributed by atoms with Gasteiger partial charge in [-0.25, -0.2) is 0 Å². The van der Waals surface area contributed by atoms with Crippen molar-refractivity contribution in [3.63, 3.8) is 0 Å². The molecule has 188 valence electrons. The van der Waals surface area contributed by atoms with E-state index >= 15 is 0 Å². The third kappa shape index (κ3) is 6.74. The molecule has 0 saturated carbocycles. The number of nitrogens with zero attached hydrogens (tertiary/aromatic N) is 1. The zero-order valence-corrected chi connectivity index (χ0v) is 20.9. The number of carbonyl (C=O) groups is 3. The highest BCUT2D eigenvalue weighted by Gasteiger charge is 2.34. The summed E-state index contributed by atoms with van der Waals surface area (Å²) in [6.07, 6.45) is 2.01. The second kappa shape index (κ2) is 12.2. The molecule has 2 N–H and O–H groups in total. The maximum atomic E-state index is 13.2. The summed E-state index contributed by atoms with van der Waals surface area (Å²) in [6.45, 7) is 4.96. The Morgan fingerprint density at radius 2 is 1.60 bits per heavy atom. The first-order valence-electron chi connectivity index (χ1n) is 12.0. The number of benzene rings is 2. The van der Waals surface area contributed by atoms with E-state index in [0.717, 1.165) is 6.42 Å². The summed E-state index contributed by atoms with van der Waals surface area (Å²) < 4.78 is 10.4. The maximum Gasteiger partial charge on any atom is 0.253 e. The van der Waals surface area contributed by atoms with Crippen molar-refractivity contribution < 1.29 is 23.9 Å². The predicted molar refractivity (Wildman–Crippen MR) is 134 cm³/mol. The third-order valence-electron chi connectivity index (χ3n) is 6.54. The van der Waals surface area contributed by atoms with E-state index in [9.17, 15) is 14.4 Å². The molecular formula is C27H35N3O5. The van der Waals surface area contributed by atoms with E-state index in [0.29, 0.717) is 48.6 Å². The predicted octanol–water partition coefficient (Wildman–Crippen LogP) is 3.27. The van der Waals surface area contributed by atoms with Crippen LogP contribution < -0.4 is 20.1 Å². The van der Waals surface area contributed by atoms with Crippen molar-refractivity contribution in [2.24, 2.45) is 5.92 Å². The number of piperidine rings is 1. The van der Waals surface area contributed by atoms with Crippen LogP contribution in [0.1, 0.15) is 53.8 Å². The first kappa shape index (κ1) is 26.1. The lowest BCUT2D eigenvalue weighted by atomic mass is 9.88. The van der Waals surface area contributed by atoms with E-state index in [-0.39, 0.29) is 29.7 Å². The van der Waals surface area contributed by atoms with E-state index in [1.165, 1.54) is 0 Å². The molecule has 0 unspecified atom stereocenters. The lowest BCUT2D eigenvalue weighted by Gasteiger charge is -2.36. The topological polar surface area (TPSA) is 97.0 Å². The number of hydrogen-bond donors (Lipinski definition) is 2. The smallest absolute Gasteiger partial charge is 0.253 e. The van der Waals surface area contributed by atoms with Crippen molar-refractivity contribution in [1.29, 1.82) is 0 Å². The molecule has 8 heteroatoms. The Balaban J connectivity index is 1.70. The Kier molecular flexibility index (Phi) is 9.11. The fraction of sp³-hybridized carbons (Fsp3) is 0.444. The number of carbonyl (C=O) groups excluding carboxylic acids is 3. The van der Waals surface area contributed by atoms with Crippen LogP contribution in [0.4, 0.5) is 0 Å². The number of nitrogens with one attached hydrogen (secondary N) is 2. The Bertz CT molecular complexity index is 1020. The van der Waals surface area contributed by atoms with Gasteiger partial charge in [-0.05, 0) is 74.6 Å². The normalized spacial score (nSPS) is 15.6. The summed E-state index contributed by atoms with van der Waals surface area (Å²) in [5.41, 5.74) is 1.03. The summed E-state index contributed by atoms with van der Waals surface area (Å²) in [5, 5.41) is 5.95. The van der Waals surface area contributed by atoms with Gasteiger partial charge in [-0.2, -0.15) is 0 Å². The number of amides is 3. The Morgan fingerprint density at radius 3 is 2.20 bits per heavy atom. The molecule has 3 rings (SSSR count). The van der Waals surface area contributed by atoms with Gasteiger partial charge in [-0.3, -0.25) is 14.4 Å². The molecule has 0 bridgehead atoms. The third-order valence-corrected chi connectivity index (χ3v) is 6.54. The highest BCUT2D eigenvalue weighted by molar-refractivity contribution is 5.98. The van der Waals surface area contributed by atoms with Gasteiger partial charge in [0.25, 0.3) is 11.8 Å². The van der Waals surface area contributed by atoms with Gasteiger partial charge < -0.3 is 25.0 Å². The minimum Gasteiger partial charge on any atom is -0.497 e. The van der Waals surface area contributed by atoms with Crippen molar-refractivity contribution in [2.45, 2.75) is 45.2 Å². The summed E-state index contributed by atoms with van der Waals surface area (Å²) >= 11 is 0. The van der Waals surface area contributed by atoms with E-state index in [2.05, 4.69) is 10.6 Å². The molecule has 1 aliphatic rings. The highest BCUT2D eigenvalue weighted by Crippen LogP contribution is 2.24. The van der Waals surface area contributed by atoms with Crippen LogP contribution in [-0.4, -0.2) is 62.0 Å². The van der Waals surface area contributed by atoms with E-state index in [1.54, 1.807) is 67.7 Å². The van der Waals surface area contributed by atoms with Crippen LogP contribution >= 0.6 is 0 Å². The minimum atomic E-state index is -0.694. The number of rotatable bonds is 9. The number of methoxy groups -OCH3 is 2. The standard InChI is InChI=1S/C27H35N3O5/c1-5-18(2)28-26(32)24(29-25(31)21-7-6-8-23(17-21)35-4)19-13-15-30(16-14-19)27(33)20-9-11-22(34-3)12-10-20/h6-12,17-19,24H,5,13-16H2,1-4H3,(H,28,32)(H,29,31)/t18-,24+/m0/s1. The average molecular weight is 482 g/mol. The first-order chi connectivity index (χ1) is 16.9. The molecule has 1 aliphatic heterocycles. The summed E-state index contributed by atoms with van der Waals surface area (Å²) in [6, 6.07) is 13.2. The summed E-state index contributed by atoms with van der Waals surface area (Å²) in [4.78, 5) is 40.9. The molecule has 1 saturated heterocycles. The molecule has 2 atom stereocenters. The van der Waals surface area contributed by atoms with Gasteiger partial charge in [0.2, 0.25) is 5.91 Å². The van der Waals surface area contributed by atoms with Crippen LogP contribution in [0.25, 0.3) is 0 Å². The monoisotopic (exact) mass is 481 g/mol. The van der Waals surface area contributed by atoms with Crippen LogP contribution in [0.15, 0.2) is 48.5 Å². The molecule has 2 aromatic rings. The van der Waals surface area contributed by atoms with Gasteiger partial charge >= 0.3 is 0 Å². The van der Waals surface area contributed by atoms with Crippen LogP contribution in [0.5, 0.6) is 11.5 Å². The van der Waals surface area contributed by atoms with Crippen molar-refractivity contribution in [3.05, 3.63) is 59.7 Å². The van der Waals surface area contributed by atoms with Crippen molar-refractivity contribution in [2.75, 3.05) is 27.3 Å². The van der Waals surface area contributed by atoms with Crippen molar-refractivity contribution in [1.82, 2.24) is 15.5 Å². The average Bonchev–Trinajstić information content (AvgIpc) is 2.91. The SMILES string of the molecule is CC[C@H](C)NC(=O)[C@H](NC(=O)c1cccc(OC)c1)C1CCN(C(=O)c2ccc(OC)cc2)CC1. The largest absolute Gasteiger partial charge is 0.497 e. The molecule has 3 amide bonds. The maximum absolute atomic E-state index is 13.2. The minimum absolute atomic E-state index is 0.00420. The molecule has 0 radical (unpaired) electrons. The quantitative estimate of drug-likeness (QED) is 0.573. The number of ether oxygens (including phenoxy) is 2. The number of hydrogen-bond acceptors (Lipinski definition) is 5. The van der Waals surface area contributed by atoms with E-state index in [4.69, 9.17) is 9.47 Å². The zero-order chi connectivity index (χ0) is 25.4. The van der Waals surface area contributed by atoms with Crippen molar-refractivity contribution >= 4 is 17.7 Å². The van der Waals surface area contributed by atoms with Gasteiger partial charge in [-0.15, -0.1) is 0 Å². The molecule has 0 spiro atoms. The van der Waals surface area contributed by atoms with E-state index in [1.807, 2.05) is 13.8 Å². The number of likely N-dealkylation sites (tertiary alicyclic amines) is 1. The fourth-order valence-corrected chi connectivity index (χ4v) is 4.17. The van der Waals surface area contributed by atoms with Crippen LogP contribution in [0.2, 0.25) is 0 Å². The zero-order valence-electron chi connectivity index (χ0n) is 20.9. The Hall–Kier alpha value is -3.55. The highest BCUT2D eigenvalue weighted by atomic mass is 16.5. The van der Waals surface area contributed by atoms with Gasteiger partial charge in [0.15, 0.2) is 0 Å². The van der Waals surface area contributed by atoms with Gasteiger partial charge in [-0.1, -0.05) is 13.0 Å². The second-order valence-electron chi connectivity index (χ2n) is 8.86. The van der Waals surface area contributed by atoms with Gasteiger partial charge in [0.05, 0.1) is 14.2 Å². The molecule has 2 aromatic carbocycles. The second-order valence-corrected chi connectivity index (χ2v) is 8.86. The molecule has 8 nitrogen and oxygen atoms in total. The Labute approximate surface area is 207 Å². The lowest BCUT2D eigenvalue weighted by Crippen LogP contribution is -2.55. The van der Waals surface area contributed by atoms with Gasteiger partial charge in [0, 0.05) is 30.3 Å². The van der Waals surface area contributed by atoms with E-state index < -0.39 is 6.04 Å². The molecular weight excluding hydrogens is 446 g/mol. The van der Waals surface area contributed by atoms with Crippen LogP contribution in [0, 0.1) is 5.92 Å². The molecule has 0 aromatic heterocycles. The lowest BCUT2D eigenvalue weighted by molar-refractivity contribution is -0.125. The van der Waals surface area contributed by atoms with Crippen LogP contribution in [-0.2, 0) is 4.79 Å². The Morgan fingerprint density at radius 1 is 0.943 bits per heavy atom. The van der Waals surface area contributed by atoms with Gasteiger partial charge in [0.1, 0.15) is 17.5 Å². The molecule has 1 heterocycles. The van der Waals surface area contributed by atoms with Crippen molar-refractivity contribution in [3.8, 4) is 11.5 Å². The summed E-state index contributed by atoms with van der Waals surface area (Å²) in [5.74, 6) is 0.604. The fourth-order valence-electron chi connectivity index (χ4n) is 4.17.